The third-order valence-corrected chi connectivity index (χ3v) is 4.94. The maximum absolute atomic E-state index is 12.3. The van der Waals surface area contributed by atoms with Gasteiger partial charge in [-0.2, -0.15) is 0 Å². The van der Waals surface area contributed by atoms with E-state index >= 15 is 0 Å². The minimum absolute atomic E-state index is 0.178. The number of carbonyl (C=O) groups excluding carboxylic acids is 1. The van der Waals surface area contributed by atoms with Crippen molar-refractivity contribution in [2.45, 2.75) is 38.7 Å². The van der Waals surface area contributed by atoms with Crippen molar-refractivity contribution in [1.29, 1.82) is 0 Å². The van der Waals surface area contributed by atoms with Crippen molar-refractivity contribution < 1.29 is 9.90 Å². The monoisotopic (exact) mass is 311 g/mol. The second-order valence-corrected chi connectivity index (χ2v) is 6.71. The topological polar surface area (TPSA) is 40.5 Å². The van der Waals surface area contributed by atoms with Gasteiger partial charge in [-0.3, -0.25) is 4.79 Å². The smallest absolute Gasteiger partial charge is 0.222 e. The lowest BCUT2D eigenvalue weighted by molar-refractivity contribution is -0.135. The molecule has 122 valence electrons. The molecule has 2 aromatic carbocycles. The van der Waals surface area contributed by atoms with Crippen LogP contribution in [0.5, 0.6) is 0 Å². The first-order valence-electron chi connectivity index (χ1n) is 8.57. The summed E-state index contributed by atoms with van der Waals surface area (Å²) < 4.78 is 0. The molecule has 0 aliphatic carbocycles. The summed E-state index contributed by atoms with van der Waals surface area (Å²) in [6, 6.07) is 14.9. The van der Waals surface area contributed by atoms with Gasteiger partial charge in [-0.05, 0) is 41.5 Å². The van der Waals surface area contributed by atoms with E-state index in [9.17, 15) is 9.90 Å². The van der Waals surface area contributed by atoms with Gasteiger partial charge in [0.25, 0.3) is 0 Å². The zero-order valence-electron chi connectivity index (χ0n) is 13.7. The number of hydrogen-bond donors (Lipinski definition) is 1. The fourth-order valence-electron chi connectivity index (χ4n) is 3.27. The van der Waals surface area contributed by atoms with E-state index in [0.717, 1.165) is 25.8 Å². The van der Waals surface area contributed by atoms with Crippen molar-refractivity contribution in [2.24, 2.45) is 5.92 Å². The molecule has 1 heterocycles. The number of likely N-dealkylation sites (tertiary alicyclic amines) is 1. The summed E-state index contributed by atoms with van der Waals surface area (Å²) in [7, 11) is 0. The molecule has 0 aromatic heterocycles. The molecule has 23 heavy (non-hydrogen) atoms. The fraction of sp³-hybridized carbons (Fsp3) is 0.450. The Labute approximate surface area is 137 Å². The summed E-state index contributed by atoms with van der Waals surface area (Å²) in [5, 5.41) is 12.4. The number of hydrogen-bond acceptors (Lipinski definition) is 2. The molecule has 2 unspecified atom stereocenters. The number of carbonyl (C=O) groups is 1. The average Bonchev–Trinajstić information content (AvgIpc) is 2.57. The summed E-state index contributed by atoms with van der Waals surface area (Å²) >= 11 is 0. The third kappa shape index (κ3) is 3.91. The molecule has 3 rings (SSSR count). The van der Waals surface area contributed by atoms with Crippen LogP contribution >= 0.6 is 0 Å². The number of benzene rings is 2. The highest BCUT2D eigenvalue weighted by Gasteiger charge is 2.26. The summed E-state index contributed by atoms with van der Waals surface area (Å²) in [5.41, 5.74) is 1.28. The molecule has 0 saturated carbocycles. The van der Waals surface area contributed by atoms with E-state index in [2.05, 4.69) is 42.5 Å². The number of rotatable bonds is 4. The van der Waals surface area contributed by atoms with Crippen LogP contribution in [0.2, 0.25) is 0 Å². The zero-order valence-corrected chi connectivity index (χ0v) is 13.7. The first kappa shape index (κ1) is 16.0. The second kappa shape index (κ2) is 7.14. The molecular weight excluding hydrogens is 286 g/mol. The van der Waals surface area contributed by atoms with E-state index in [1.807, 2.05) is 11.8 Å². The Kier molecular flexibility index (Phi) is 4.97. The number of aliphatic hydroxyl groups excluding tert-OH is 1. The van der Waals surface area contributed by atoms with Gasteiger partial charge >= 0.3 is 0 Å². The first-order chi connectivity index (χ1) is 11.1. The van der Waals surface area contributed by atoms with Crippen LogP contribution in [0.25, 0.3) is 10.8 Å². The van der Waals surface area contributed by atoms with Crippen molar-refractivity contribution in [1.82, 2.24) is 4.90 Å². The van der Waals surface area contributed by atoms with Gasteiger partial charge in [-0.15, -0.1) is 0 Å². The third-order valence-electron chi connectivity index (χ3n) is 4.94. The van der Waals surface area contributed by atoms with E-state index < -0.39 is 0 Å². The van der Waals surface area contributed by atoms with E-state index in [0.29, 0.717) is 18.9 Å². The molecule has 1 fully saturated rings. The maximum atomic E-state index is 12.3. The van der Waals surface area contributed by atoms with Crippen molar-refractivity contribution in [3.05, 3.63) is 48.0 Å². The highest BCUT2D eigenvalue weighted by Crippen LogP contribution is 2.19. The summed E-state index contributed by atoms with van der Waals surface area (Å²) in [4.78, 5) is 14.1. The first-order valence-corrected chi connectivity index (χ1v) is 8.57. The Hall–Kier alpha value is -1.87. The van der Waals surface area contributed by atoms with Crippen molar-refractivity contribution in [3.63, 3.8) is 0 Å². The van der Waals surface area contributed by atoms with Crippen LogP contribution in [0.3, 0.4) is 0 Å². The minimum atomic E-state index is -0.367. The fourth-order valence-corrected chi connectivity index (χ4v) is 3.27. The molecular formula is C20H25NO2. The molecule has 1 aliphatic rings. The highest BCUT2D eigenvalue weighted by atomic mass is 16.3. The lowest BCUT2D eigenvalue weighted by Gasteiger charge is -2.34. The highest BCUT2D eigenvalue weighted by molar-refractivity contribution is 5.83. The van der Waals surface area contributed by atoms with E-state index in [1.54, 1.807) is 0 Å². The standard InChI is InChI=1S/C20H25NO2/c1-15-11-12-21(14-19(15)22)20(23)8-4-5-16-9-10-17-6-2-3-7-18(17)13-16/h2-3,6-7,9-10,13,15,19,22H,4-5,8,11-12,14H2,1H3. The summed E-state index contributed by atoms with van der Waals surface area (Å²) in [6.07, 6.45) is 2.88. The van der Waals surface area contributed by atoms with Gasteiger partial charge in [0.05, 0.1) is 6.10 Å². The SMILES string of the molecule is CC1CCN(C(=O)CCCc2ccc3ccccc3c2)CC1O. The van der Waals surface area contributed by atoms with Gasteiger partial charge in [0.1, 0.15) is 0 Å². The molecule has 3 heteroatoms. The molecule has 0 spiro atoms. The summed E-state index contributed by atoms with van der Waals surface area (Å²) in [5.74, 6) is 0.480. The van der Waals surface area contributed by atoms with Crippen LogP contribution in [0.4, 0.5) is 0 Å². The zero-order chi connectivity index (χ0) is 16.2. The number of fused-ring (bicyclic) bond motifs is 1. The van der Waals surface area contributed by atoms with Gasteiger partial charge in [0.2, 0.25) is 5.91 Å². The molecule has 0 bridgehead atoms. The Bertz CT molecular complexity index is 682. The average molecular weight is 311 g/mol. The number of β-amino-alcohol motifs (C(OH)–C–C–N with tert-alkyl or cyclic N) is 1. The quantitative estimate of drug-likeness (QED) is 0.940. The molecule has 2 aromatic rings. The number of amides is 1. The van der Waals surface area contributed by atoms with Crippen LogP contribution in [-0.4, -0.2) is 35.1 Å². The predicted molar refractivity (Wildman–Crippen MR) is 93.3 cm³/mol. The second-order valence-electron chi connectivity index (χ2n) is 6.71. The number of aliphatic hydroxyl groups is 1. The van der Waals surface area contributed by atoms with Crippen LogP contribution in [0, 0.1) is 5.92 Å². The van der Waals surface area contributed by atoms with Crippen molar-refractivity contribution in [3.8, 4) is 0 Å². The van der Waals surface area contributed by atoms with Crippen LogP contribution in [0.15, 0.2) is 42.5 Å². The number of aryl methyl sites for hydroxylation is 1. The van der Waals surface area contributed by atoms with E-state index in [1.165, 1.54) is 16.3 Å². The van der Waals surface area contributed by atoms with E-state index in [-0.39, 0.29) is 12.0 Å². The molecule has 1 saturated heterocycles. The van der Waals surface area contributed by atoms with Gasteiger partial charge in [0.15, 0.2) is 0 Å². The molecule has 3 nitrogen and oxygen atoms in total. The lowest BCUT2D eigenvalue weighted by Crippen LogP contribution is -2.45. The minimum Gasteiger partial charge on any atom is -0.391 e. The Morgan fingerprint density at radius 2 is 2.00 bits per heavy atom. The molecule has 2 atom stereocenters. The Morgan fingerprint density at radius 3 is 2.78 bits per heavy atom. The van der Waals surface area contributed by atoms with Gasteiger partial charge < -0.3 is 10.0 Å². The molecule has 1 N–H and O–H groups in total. The van der Waals surface area contributed by atoms with Crippen LogP contribution in [-0.2, 0) is 11.2 Å². The Balaban J connectivity index is 1.51. The van der Waals surface area contributed by atoms with Crippen molar-refractivity contribution in [2.75, 3.05) is 13.1 Å². The van der Waals surface area contributed by atoms with Crippen molar-refractivity contribution >= 4 is 16.7 Å². The van der Waals surface area contributed by atoms with Gasteiger partial charge in [-0.1, -0.05) is 49.4 Å². The van der Waals surface area contributed by atoms with E-state index in [4.69, 9.17) is 0 Å². The predicted octanol–water partition coefficient (Wildman–Crippen LogP) is 3.39. The molecule has 1 amide bonds. The van der Waals surface area contributed by atoms with Crippen LogP contribution < -0.4 is 0 Å². The lowest BCUT2D eigenvalue weighted by atomic mass is 9.95. The summed E-state index contributed by atoms with van der Waals surface area (Å²) in [6.45, 7) is 3.33. The molecule has 0 radical (unpaired) electrons. The number of piperidine rings is 1. The normalized spacial score (nSPS) is 21.6. The van der Waals surface area contributed by atoms with Gasteiger partial charge in [-0.25, -0.2) is 0 Å². The largest absolute Gasteiger partial charge is 0.391 e. The Morgan fingerprint density at radius 1 is 1.22 bits per heavy atom. The maximum Gasteiger partial charge on any atom is 0.222 e. The number of nitrogens with zero attached hydrogens (tertiary/aromatic N) is 1. The van der Waals surface area contributed by atoms with Gasteiger partial charge in [0, 0.05) is 19.5 Å². The van der Waals surface area contributed by atoms with Crippen LogP contribution in [0.1, 0.15) is 31.7 Å². The molecule has 1 aliphatic heterocycles.